The number of hydrogen-bond acceptors (Lipinski definition) is 3. The van der Waals surface area contributed by atoms with Gasteiger partial charge in [-0.3, -0.25) is 0 Å². The van der Waals surface area contributed by atoms with E-state index in [0.717, 1.165) is 25.1 Å². The van der Waals surface area contributed by atoms with Crippen molar-refractivity contribution in [2.24, 2.45) is 0 Å². The lowest BCUT2D eigenvalue weighted by molar-refractivity contribution is 0.111. The third-order valence-electron chi connectivity index (χ3n) is 3.28. The molecule has 0 saturated carbocycles. The number of carbonyl (C=O) groups is 1. The highest BCUT2D eigenvalue weighted by atomic mass is 16.5. The molecule has 0 radical (unpaired) electrons. The number of benzene rings is 1. The van der Waals surface area contributed by atoms with Gasteiger partial charge in [-0.25, -0.2) is 4.79 Å². The molecule has 3 N–H and O–H groups in total. The van der Waals surface area contributed by atoms with Crippen LogP contribution in [0.4, 0.5) is 10.5 Å². The summed E-state index contributed by atoms with van der Waals surface area (Å²) >= 11 is 0. The first kappa shape index (κ1) is 14.7. The quantitative estimate of drug-likeness (QED) is 0.745. The molecule has 0 bridgehead atoms. The van der Waals surface area contributed by atoms with E-state index in [1.165, 1.54) is 0 Å². The molecular formula is C15H23N3O2. The van der Waals surface area contributed by atoms with Crippen molar-refractivity contribution in [3.05, 3.63) is 30.3 Å². The van der Waals surface area contributed by atoms with Crippen LogP contribution >= 0.6 is 0 Å². The Morgan fingerprint density at radius 2 is 2.20 bits per heavy atom. The van der Waals surface area contributed by atoms with E-state index in [4.69, 9.17) is 4.74 Å². The van der Waals surface area contributed by atoms with Crippen molar-refractivity contribution in [1.29, 1.82) is 0 Å². The van der Waals surface area contributed by atoms with Crippen molar-refractivity contribution < 1.29 is 9.53 Å². The zero-order valence-corrected chi connectivity index (χ0v) is 11.9. The number of rotatable bonds is 6. The zero-order valence-electron chi connectivity index (χ0n) is 11.9. The van der Waals surface area contributed by atoms with E-state index in [1.54, 1.807) is 0 Å². The molecule has 0 unspecified atom stereocenters. The SMILES string of the molecule is C[C@H](CNc1ccccc1)NC(=O)NC[C@H]1CCCO1. The number of nitrogens with one attached hydrogen (secondary N) is 3. The molecule has 1 heterocycles. The second-order valence-corrected chi connectivity index (χ2v) is 5.14. The van der Waals surface area contributed by atoms with Crippen LogP contribution in [0.2, 0.25) is 0 Å². The van der Waals surface area contributed by atoms with E-state index in [0.29, 0.717) is 13.1 Å². The molecular weight excluding hydrogens is 254 g/mol. The number of para-hydroxylation sites is 1. The number of ether oxygens (including phenoxy) is 1. The molecule has 1 saturated heterocycles. The minimum absolute atomic E-state index is 0.0553. The summed E-state index contributed by atoms with van der Waals surface area (Å²) in [7, 11) is 0. The molecule has 20 heavy (non-hydrogen) atoms. The Morgan fingerprint density at radius 3 is 2.90 bits per heavy atom. The molecule has 1 aliphatic heterocycles. The predicted octanol–water partition coefficient (Wildman–Crippen LogP) is 1.97. The summed E-state index contributed by atoms with van der Waals surface area (Å²) in [6.07, 6.45) is 2.30. The van der Waals surface area contributed by atoms with E-state index in [2.05, 4.69) is 16.0 Å². The van der Waals surface area contributed by atoms with Gasteiger partial charge in [0, 0.05) is 31.4 Å². The monoisotopic (exact) mass is 277 g/mol. The third kappa shape index (κ3) is 5.09. The van der Waals surface area contributed by atoms with Gasteiger partial charge in [-0.1, -0.05) is 18.2 Å². The molecule has 0 aliphatic carbocycles. The average molecular weight is 277 g/mol. The Bertz CT molecular complexity index is 405. The fraction of sp³-hybridized carbons (Fsp3) is 0.533. The Hall–Kier alpha value is -1.75. The van der Waals surface area contributed by atoms with Gasteiger partial charge in [-0.2, -0.15) is 0 Å². The molecule has 110 valence electrons. The van der Waals surface area contributed by atoms with E-state index in [9.17, 15) is 4.79 Å². The highest BCUT2D eigenvalue weighted by molar-refractivity contribution is 5.74. The molecule has 1 fully saturated rings. The van der Waals surface area contributed by atoms with Crippen molar-refractivity contribution in [1.82, 2.24) is 10.6 Å². The van der Waals surface area contributed by atoms with Crippen molar-refractivity contribution in [2.75, 3.05) is 25.0 Å². The van der Waals surface area contributed by atoms with Gasteiger partial charge in [0.05, 0.1) is 6.10 Å². The van der Waals surface area contributed by atoms with Crippen LogP contribution in [0.25, 0.3) is 0 Å². The van der Waals surface area contributed by atoms with Crippen LogP contribution < -0.4 is 16.0 Å². The fourth-order valence-corrected chi connectivity index (χ4v) is 2.16. The number of urea groups is 1. The lowest BCUT2D eigenvalue weighted by atomic mass is 10.2. The van der Waals surface area contributed by atoms with Crippen LogP contribution in [0, 0.1) is 0 Å². The maximum atomic E-state index is 11.7. The van der Waals surface area contributed by atoms with Gasteiger partial charge in [0.1, 0.15) is 0 Å². The van der Waals surface area contributed by atoms with Crippen molar-refractivity contribution in [2.45, 2.75) is 31.9 Å². The fourth-order valence-electron chi connectivity index (χ4n) is 2.16. The maximum absolute atomic E-state index is 11.7. The van der Waals surface area contributed by atoms with E-state index in [-0.39, 0.29) is 18.2 Å². The Balaban J connectivity index is 1.60. The molecule has 2 atom stereocenters. The average Bonchev–Trinajstić information content (AvgIpc) is 2.97. The molecule has 0 aromatic heterocycles. The number of anilines is 1. The molecule has 1 aromatic rings. The van der Waals surface area contributed by atoms with Gasteiger partial charge >= 0.3 is 6.03 Å². The Morgan fingerprint density at radius 1 is 1.40 bits per heavy atom. The third-order valence-corrected chi connectivity index (χ3v) is 3.28. The Labute approximate surface area is 120 Å². The highest BCUT2D eigenvalue weighted by Gasteiger charge is 2.16. The van der Waals surface area contributed by atoms with Crippen LogP contribution in [0.15, 0.2) is 30.3 Å². The highest BCUT2D eigenvalue weighted by Crippen LogP contribution is 2.10. The van der Waals surface area contributed by atoms with Crippen LogP contribution in [0.5, 0.6) is 0 Å². The van der Waals surface area contributed by atoms with Gasteiger partial charge < -0.3 is 20.7 Å². The Kier molecular flexibility index (Phi) is 5.68. The lowest BCUT2D eigenvalue weighted by Gasteiger charge is -2.17. The smallest absolute Gasteiger partial charge is 0.315 e. The summed E-state index contributed by atoms with van der Waals surface area (Å²) < 4.78 is 5.46. The first-order valence-electron chi connectivity index (χ1n) is 7.19. The van der Waals surface area contributed by atoms with E-state index in [1.807, 2.05) is 37.3 Å². The first-order chi connectivity index (χ1) is 9.74. The second kappa shape index (κ2) is 7.75. The van der Waals surface area contributed by atoms with E-state index >= 15 is 0 Å². The standard InChI is InChI=1S/C15H23N3O2/c1-12(10-16-13-6-3-2-4-7-13)18-15(19)17-11-14-8-5-9-20-14/h2-4,6-7,12,14,16H,5,8-11H2,1H3,(H2,17,18,19)/t12-,14-/m1/s1. The van der Waals surface area contributed by atoms with Gasteiger partial charge in [0.2, 0.25) is 0 Å². The van der Waals surface area contributed by atoms with Crippen LogP contribution in [0.3, 0.4) is 0 Å². The molecule has 5 nitrogen and oxygen atoms in total. The largest absolute Gasteiger partial charge is 0.383 e. The summed E-state index contributed by atoms with van der Waals surface area (Å²) in [5.41, 5.74) is 1.06. The van der Waals surface area contributed by atoms with Crippen LogP contribution in [-0.4, -0.2) is 37.9 Å². The van der Waals surface area contributed by atoms with Crippen molar-refractivity contribution in [3.63, 3.8) is 0 Å². The van der Waals surface area contributed by atoms with Crippen LogP contribution in [0.1, 0.15) is 19.8 Å². The lowest BCUT2D eigenvalue weighted by Crippen LogP contribution is -2.45. The molecule has 0 spiro atoms. The molecule has 2 amide bonds. The summed E-state index contributed by atoms with van der Waals surface area (Å²) in [6, 6.07) is 9.87. The molecule has 5 heteroatoms. The van der Waals surface area contributed by atoms with Gasteiger partial charge in [0.15, 0.2) is 0 Å². The predicted molar refractivity (Wildman–Crippen MR) is 79.9 cm³/mol. The maximum Gasteiger partial charge on any atom is 0.315 e. The van der Waals surface area contributed by atoms with Crippen LogP contribution in [-0.2, 0) is 4.74 Å². The molecule has 2 rings (SSSR count). The van der Waals surface area contributed by atoms with Gasteiger partial charge in [-0.15, -0.1) is 0 Å². The van der Waals surface area contributed by atoms with Crippen molar-refractivity contribution in [3.8, 4) is 0 Å². The summed E-state index contributed by atoms with van der Waals surface area (Å²) in [5, 5.41) is 9.04. The summed E-state index contributed by atoms with van der Waals surface area (Å²) in [5.74, 6) is 0. The normalized spacial score (nSPS) is 19.4. The number of carbonyl (C=O) groups excluding carboxylic acids is 1. The van der Waals surface area contributed by atoms with E-state index < -0.39 is 0 Å². The van der Waals surface area contributed by atoms with Gasteiger partial charge in [-0.05, 0) is 31.9 Å². The summed E-state index contributed by atoms with van der Waals surface area (Å²) in [6.45, 7) is 4.06. The summed E-state index contributed by atoms with van der Waals surface area (Å²) in [4.78, 5) is 11.7. The van der Waals surface area contributed by atoms with Gasteiger partial charge in [0.25, 0.3) is 0 Å². The number of amides is 2. The minimum Gasteiger partial charge on any atom is -0.383 e. The minimum atomic E-state index is -0.136. The number of hydrogen-bond donors (Lipinski definition) is 3. The topological polar surface area (TPSA) is 62.4 Å². The molecule has 1 aliphatic rings. The first-order valence-corrected chi connectivity index (χ1v) is 7.19. The second-order valence-electron chi connectivity index (χ2n) is 5.14. The van der Waals surface area contributed by atoms with Crippen molar-refractivity contribution >= 4 is 11.7 Å². The zero-order chi connectivity index (χ0) is 14.2. The molecule has 1 aromatic carbocycles.